The molecule has 9 nitrogen and oxygen atoms in total. The summed E-state index contributed by atoms with van der Waals surface area (Å²) in [5.74, 6) is -1.60. The molecular weight excluding hydrogens is 274 g/mol. The summed E-state index contributed by atoms with van der Waals surface area (Å²) >= 11 is 0. The van der Waals surface area contributed by atoms with Crippen LogP contribution in [0.25, 0.3) is 0 Å². The summed E-state index contributed by atoms with van der Waals surface area (Å²) in [7, 11) is 0. The van der Waals surface area contributed by atoms with E-state index in [1.54, 1.807) is 13.8 Å². The Morgan fingerprint density at radius 1 is 1.05 bits per heavy atom. The van der Waals surface area contributed by atoms with Gasteiger partial charge in [-0.25, -0.2) is 0 Å². The molecule has 0 aliphatic heterocycles. The average Bonchev–Trinajstić information content (AvgIpc) is 2.39. The molecule has 0 saturated heterocycles. The molecule has 0 rings (SSSR count). The van der Waals surface area contributed by atoms with Crippen molar-refractivity contribution in [3.63, 3.8) is 0 Å². The molecule has 0 amide bonds. The van der Waals surface area contributed by atoms with Gasteiger partial charge < -0.3 is 25.5 Å². The lowest BCUT2D eigenvalue weighted by Gasteiger charge is -2.30. The minimum atomic E-state index is -1.21. The summed E-state index contributed by atoms with van der Waals surface area (Å²) < 4.78 is 0. The second kappa shape index (κ2) is 10.00. The molecule has 0 bridgehead atoms. The molecule has 3 atom stereocenters. The van der Waals surface area contributed by atoms with Crippen LogP contribution in [0.15, 0.2) is 0 Å². The maximum atomic E-state index is 11.2. The van der Waals surface area contributed by atoms with Crippen LogP contribution in [0.1, 0.15) is 13.8 Å². The Morgan fingerprint density at radius 2 is 1.45 bits per heavy atom. The fourth-order valence-corrected chi connectivity index (χ4v) is 1.24. The van der Waals surface area contributed by atoms with E-state index in [1.807, 2.05) is 0 Å². The fraction of sp³-hybridized carbons (Fsp3) is 0.909. The monoisotopic (exact) mass is 297 g/mol. The zero-order valence-corrected chi connectivity index (χ0v) is 11.5. The van der Waals surface area contributed by atoms with E-state index < -0.39 is 37.4 Å². The van der Waals surface area contributed by atoms with Crippen LogP contribution in [0.4, 0.5) is 0 Å². The van der Waals surface area contributed by atoms with Crippen molar-refractivity contribution in [1.29, 1.82) is 0 Å². The Labute approximate surface area is 116 Å². The van der Waals surface area contributed by atoms with Gasteiger partial charge in [0.05, 0.1) is 26.4 Å². The number of rotatable bonds is 11. The van der Waals surface area contributed by atoms with E-state index in [-0.39, 0.29) is 19.1 Å². The van der Waals surface area contributed by atoms with E-state index in [4.69, 9.17) is 25.0 Å². The highest BCUT2D eigenvalue weighted by Crippen LogP contribution is 2.13. The summed E-state index contributed by atoms with van der Waals surface area (Å²) in [5.41, 5.74) is 0. The van der Waals surface area contributed by atoms with Crippen LogP contribution in [0.3, 0.4) is 0 Å². The van der Waals surface area contributed by atoms with Crippen LogP contribution in [-0.2, 0) is 14.5 Å². The predicted octanol–water partition coefficient (Wildman–Crippen LogP) is -2.03. The molecule has 0 aromatic heterocycles. The van der Waals surface area contributed by atoms with E-state index in [0.717, 1.165) is 0 Å². The summed E-state index contributed by atoms with van der Waals surface area (Å²) in [6.45, 7) is 1.41. The number of hydrogen-bond acceptors (Lipinski definition) is 8. The number of carboxylic acids is 1. The molecule has 0 aromatic carbocycles. The lowest BCUT2D eigenvalue weighted by molar-refractivity contribution is -0.398. The quantitative estimate of drug-likeness (QED) is 0.273. The van der Waals surface area contributed by atoms with E-state index >= 15 is 0 Å². The molecule has 0 fully saturated rings. The zero-order chi connectivity index (χ0) is 15.7. The molecule has 0 aromatic rings. The summed E-state index contributed by atoms with van der Waals surface area (Å²) in [5, 5.41) is 45.5. The Morgan fingerprint density at radius 3 is 1.70 bits per heavy atom. The SMILES string of the molecule is CC(C)[C@@H](C(=O)O)N(OCC(O)CO)OCC(O)CO. The maximum Gasteiger partial charge on any atom is 0.326 e. The topological polar surface area (TPSA) is 140 Å². The first kappa shape index (κ1) is 19.2. The van der Waals surface area contributed by atoms with Crippen LogP contribution in [-0.4, -0.2) is 81.4 Å². The molecule has 0 radical (unpaired) electrons. The number of aliphatic carboxylic acids is 1. The van der Waals surface area contributed by atoms with Crippen LogP contribution < -0.4 is 0 Å². The number of aliphatic hydroxyl groups is 4. The summed E-state index contributed by atoms with van der Waals surface area (Å²) in [4.78, 5) is 21.2. The van der Waals surface area contributed by atoms with Gasteiger partial charge in [-0.1, -0.05) is 19.1 Å². The second-order valence-corrected chi connectivity index (χ2v) is 4.58. The first-order valence-corrected chi connectivity index (χ1v) is 6.19. The second-order valence-electron chi connectivity index (χ2n) is 4.58. The standard InChI is InChI=1S/C11H23NO8/c1-7(2)10(11(17)18)12(19-5-8(15)3-13)20-6-9(16)4-14/h7-10,13-16H,3-6H2,1-2H3,(H,17,18)/t8?,9?,10-/m0/s1. The van der Waals surface area contributed by atoms with E-state index in [0.29, 0.717) is 5.23 Å². The highest BCUT2D eigenvalue weighted by molar-refractivity contribution is 5.73. The fourth-order valence-electron chi connectivity index (χ4n) is 1.24. The van der Waals surface area contributed by atoms with E-state index in [1.165, 1.54) is 0 Å². The van der Waals surface area contributed by atoms with Crippen molar-refractivity contribution >= 4 is 5.97 Å². The third kappa shape index (κ3) is 7.10. The molecule has 0 saturated carbocycles. The van der Waals surface area contributed by atoms with Crippen LogP contribution in [0.5, 0.6) is 0 Å². The number of nitrogens with zero attached hydrogens (tertiary/aromatic N) is 1. The van der Waals surface area contributed by atoms with Crippen molar-refractivity contribution in [2.75, 3.05) is 26.4 Å². The van der Waals surface area contributed by atoms with Crippen molar-refractivity contribution in [2.24, 2.45) is 5.92 Å². The molecule has 120 valence electrons. The third-order valence-corrected chi connectivity index (χ3v) is 2.32. The molecular formula is C11H23NO8. The minimum Gasteiger partial charge on any atom is -0.480 e. The van der Waals surface area contributed by atoms with Gasteiger partial charge in [-0.2, -0.15) is 0 Å². The van der Waals surface area contributed by atoms with Gasteiger partial charge in [-0.3, -0.25) is 14.5 Å². The van der Waals surface area contributed by atoms with Gasteiger partial charge in [0.2, 0.25) is 0 Å². The molecule has 20 heavy (non-hydrogen) atoms. The number of aliphatic hydroxyl groups excluding tert-OH is 4. The molecule has 2 unspecified atom stereocenters. The largest absolute Gasteiger partial charge is 0.480 e. The van der Waals surface area contributed by atoms with Crippen molar-refractivity contribution in [1.82, 2.24) is 5.23 Å². The highest BCUT2D eigenvalue weighted by atomic mass is 17.0. The Kier molecular flexibility index (Phi) is 9.59. The lowest BCUT2D eigenvalue weighted by atomic mass is 10.1. The molecule has 0 spiro atoms. The Balaban J connectivity index is 4.69. The number of carbonyl (C=O) groups is 1. The van der Waals surface area contributed by atoms with E-state index in [2.05, 4.69) is 0 Å². The molecule has 0 aliphatic carbocycles. The van der Waals surface area contributed by atoms with Crippen LogP contribution >= 0.6 is 0 Å². The number of hydroxylamine groups is 2. The summed E-state index contributed by atoms with van der Waals surface area (Å²) in [6, 6.07) is -1.17. The van der Waals surface area contributed by atoms with Gasteiger partial charge in [0.25, 0.3) is 0 Å². The number of carboxylic acid groups (broad SMARTS) is 1. The minimum absolute atomic E-state index is 0.373. The van der Waals surface area contributed by atoms with Gasteiger partial charge in [0.1, 0.15) is 12.2 Å². The predicted molar refractivity (Wildman–Crippen MR) is 66.2 cm³/mol. The van der Waals surface area contributed by atoms with Crippen LogP contribution in [0, 0.1) is 5.92 Å². The zero-order valence-electron chi connectivity index (χ0n) is 11.5. The van der Waals surface area contributed by atoms with Crippen molar-refractivity contribution < 1.29 is 40.0 Å². The van der Waals surface area contributed by atoms with Crippen molar-refractivity contribution in [3.05, 3.63) is 0 Å². The highest BCUT2D eigenvalue weighted by Gasteiger charge is 2.32. The molecule has 0 aliphatic rings. The maximum absolute atomic E-state index is 11.2. The first-order valence-electron chi connectivity index (χ1n) is 6.19. The van der Waals surface area contributed by atoms with Gasteiger partial charge in [-0.05, 0) is 5.92 Å². The van der Waals surface area contributed by atoms with Crippen LogP contribution in [0.2, 0.25) is 0 Å². The van der Waals surface area contributed by atoms with Gasteiger partial charge >= 0.3 is 5.97 Å². The molecule has 5 N–H and O–H groups in total. The van der Waals surface area contributed by atoms with Crippen molar-refractivity contribution in [3.8, 4) is 0 Å². The van der Waals surface area contributed by atoms with Gasteiger partial charge in [0, 0.05) is 0 Å². The smallest absolute Gasteiger partial charge is 0.326 e. The third-order valence-electron chi connectivity index (χ3n) is 2.32. The number of hydrogen-bond donors (Lipinski definition) is 5. The molecule has 9 heteroatoms. The first-order chi connectivity index (χ1) is 9.33. The lowest BCUT2D eigenvalue weighted by Crippen LogP contribution is -2.47. The summed E-state index contributed by atoms with van der Waals surface area (Å²) in [6.07, 6.45) is -2.38. The normalized spacial score (nSPS) is 16.4. The Hall–Kier alpha value is -0.810. The Bertz CT molecular complexity index is 261. The average molecular weight is 297 g/mol. The molecule has 0 heterocycles. The van der Waals surface area contributed by atoms with E-state index in [9.17, 15) is 15.0 Å². The van der Waals surface area contributed by atoms with Crippen molar-refractivity contribution in [2.45, 2.75) is 32.1 Å². The van der Waals surface area contributed by atoms with Gasteiger partial charge in [-0.15, -0.1) is 0 Å². The van der Waals surface area contributed by atoms with Gasteiger partial charge in [0.15, 0.2) is 6.04 Å².